The zero-order valence-corrected chi connectivity index (χ0v) is 23.0. The van der Waals surface area contributed by atoms with Crippen molar-refractivity contribution in [3.8, 4) is 0 Å². The van der Waals surface area contributed by atoms with E-state index in [9.17, 15) is 0 Å². The summed E-state index contributed by atoms with van der Waals surface area (Å²) in [7, 11) is 0. The summed E-state index contributed by atoms with van der Waals surface area (Å²) >= 11 is 0. The van der Waals surface area contributed by atoms with Crippen LogP contribution in [-0.4, -0.2) is 74.2 Å². The molecule has 4 aliphatic rings. The van der Waals surface area contributed by atoms with Crippen molar-refractivity contribution >= 4 is 11.4 Å². The molecule has 0 N–H and O–H groups in total. The Morgan fingerprint density at radius 2 is 1.25 bits per heavy atom. The van der Waals surface area contributed by atoms with Crippen LogP contribution in [0.25, 0.3) is 0 Å². The molecular formula is C32H46N4. The topological polar surface area (TPSA) is 13.0 Å². The molecular weight excluding hydrogens is 440 g/mol. The maximum atomic E-state index is 2.70. The molecule has 0 radical (unpaired) electrons. The number of hydrogen-bond acceptors (Lipinski definition) is 4. The highest BCUT2D eigenvalue weighted by Crippen LogP contribution is 2.41. The molecule has 4 heteroatoms. The van der Waals surface area contributed by atoms with E-state index in [1.54, 1.807) is 0 Å². The van der Waals surface area contributed by atoms with E-state index in [0.29, 0.717) is 5.92 Å². The van der Waals surface area contributed by atoms with Gasteiger partial charge in [0.2, 0.25) is 0 Å². The third-order valence-corrected chi connectivity index (χ3v) is 10.2. The van der Waals surface area contributed by atoms with Gasteiger partial charge in [-0.25, -0.2) is 0 Å². The zero-order valence-electron chi connectivity index (χ0n) is 23.0. The van der Waals surface area contributed by atoms with Gasteiger partial charge in [-0.3, -0.25) is 9.80 Å². The largest absolute Gasteiger partial charge is 0.368 e. The zero-order chi connectivity index (χ0) is 24.9. The quantitative estimate of drug-likeness (QED) is 0.502. The van der Waals surface area contributed by atoms with E-state index in [1.807, 2.05) is 0 Å². The lowest BCUT2D eigenvalue weighted by molar-refractivity contribution is 0.205. The van der Waals surface area contributed by atoms with Gasteiger partial charge in [0.25, 0.3) is 0 Å². The van der Waals surface area contributed by atoms with Crippen LogP contribution in [0.4, 0.5) is 11.4 Å². The van der Waals surface area contributed by atoms with Gasteiger partial charge in [0.15, 0.2) is 0 Å². The van der Waals surface area contributed by atoms with Crippen molar-refractivity contribution in [1.29, 1.82) is 0 Å². The maximum Gasteiger partial charge on any atom is 0.0446 e. The Balaban J connectivity index is 1.08. The lowest BCUT2D eigenvalue weighted by Gasteiger charge is -2.46. The third kappa shape index (κ3) is 4.45. The van der Waals surface area contributed by atoms with Crippen LogP contribution in [-0.2, 0) is 5.41 Å². The summed E-state index contributed by atoms with van der Waals surface area (Å²) in [6, 6.07) is 18.3. The summed E-state index contributed by atoms with van der Waals surface area (Å²) < 4.78 is 0. The molecule has 1 unspecified atom stereocenters. The van der Waals surface area contributed by atoms with E-state index in [-0.39, 0.29) is 5.41 Å². The van der Waals surface area contributed by atoms with Gasteiger partial charge in [-0.2, -0.15) is 0 Å². The molecule has 2 aromatic rings. The van der Waals surface area contributed by atoms with E-state index in [4.69, 9.17) is 0 Å². The molecule has 1 atom stereocenters. The van der Waals surface area contributed by atoms with Crippen molar-refractivity contribution in [2.45, 2.75) is 76.8 Å². The predicted octanol–water partition coefficient (Wildman–Crippen LogP) is 5.65. The molecule has 0 bridgehead atoms. The third-order valence-electron chi connectivity index (χ3n) is 10.2. The van der Waals surface area contributed by atoms with Crippen LogP contribution in [0.2, 0.25) is 0 Å². The summed E-state index contributed by atoms with van der Waals surface area (Å²) in [6.07, 6.45) is 5.55. The summed E-state index contributed by atoms with van der Waals surface area (Å²) in [5.41, 5.74) is 7.23. The minimum Gasteiger partial charge on any atom is -0.368 e. The smallest absolute Gasteiger partial charge is 0.0446 e. The van der Waals surface area contributed by atoms with Crippen LogP contribution in [0.15, 0.2) is 42.5 Å². The summed E-state index contributed by atoms with van der Waals surface area (Å²) in [6.45, 7) is 19.6. The summed E-state index contributed by atoms with van der Waals surface area (Å²) in [5.74, 6) is 0.452. The molecule has 4 aliphatic heterocycles. The van der Waals surface area contributed by atoms with Gasteiger partial charge < -0.3 is 9.80 Å². The Kier molecular flexibility index (Phi) is 6.54. The van der Waals surface area contributed by atoms with Crippen molar-refractivity contribution in [3.05, 3.63) is 59.2 Å². The Labute approximate surface area is 219 Å². The molecule has 4 nitrogen and oxygen atoms in total. The van der Waals surface area contributed by atoms with Gasteiger partial charge >= 0.3 is 0 Å². The van der Waals surface area contributed by atoms with Gasteiger partial charge in [0.05, 0.1) is 0 Å². The number of anilines is 2. The number of aryl methyl sites for hydroxylation is 1. The van der Waals surface area contributed by atoms with Crippen LogP contribution in [0.5, 0.6) is 0 Å². The van der Waals surface area contributed by atoms with E-state index in [0.717, 1.165) is 12.1 Å². The van der Waals surface area contributed by atoms with E-state index < -0.39 is 0 Å². The first-order valence-electron chi connectivity index (χ1n) is 14.6. The molecule has 0 aromatic heterocycles. The second kappa shape index (κ2) is 9.68. The molecule has 4 saturated heterocycles. The molecule has 2 aromatic carbocycles. The highest BCUT2D eigenvalue weighted by Gasteiger charge is 2.35. The number of rotatable bonds is 7. The van der Waals surface area contributed by atoms with E-state index in [1.165, 1.54) is 106 Å². The summed E-state index contributed by atoms with van der Waals surface area (Å²) in [5, 5.41) is 0. The average molecular weight is 487 g/mol. The number of nitrogens with zero attached hydrogens (tertiary/aromatic N) is 4. The molecule has 0 spiro atoms. The minimum absolute atomic E-state index is 0.0805. The Morgan fingerprint density at radius 3 is 1.78 bits per heavy atom. The number of hydrogen-bond donors (Lipinski definition) is 0. The fourth-order valence-corrected chi connectivity index (χ4v) is 7.06. The fourth-order valence-electron chi connectivity index (χ4n) is 7.06. The number of likely N-dealkylation sites (tertiary alicyclic amines) is 2. The molecule has 4 heterocycles. The molecule has 0 amide bonds. The summed E-state index contributed by atoms with van der Waals surface area (Å²) in [4.78, 5) is 10.5. The lowest BCUT2D eigenvalue weighted by atomic mass is 9.71. The van der Waals surface area contributed by atoms with Crippen LogP contribution < -0.4 is 9.80 Å². The number of benzene rings is 2. The Bertz CT molecular complexity index is 1040. The van der Waals surface area contributed by atoms with Crippen LogP contribution in [0.1, 0.15) is 69.1 Å². The molecule has 4 fully saturated rings. The standard InChI is InChI=1S/C32H46N4/c1-24-19-26(9-14-31(24)36-22-30(23-36)34-17-7-8-18-34)25(2)32(3,4)27-10-12-28(13-11-27)35-20-29(21-35)33-15-5-6-16-33/h9-14,19,25,29-30H,5-8,15-18,20-23H2,1-4H3. The van der Waals surface area contributed by atoms with E-state index in [2.05, 4.69) is 89.8 Å². The SMILES string of the molecule is Cc1cc(C(C)C(C)(C)c2ccc(N3CC(N4CCCC4)C3)cc2)ccc1N1CC(N2CCCC2)C1. The first kappa shape index (κ1) is 24.3. The highest BCUT2D eigenvalue weighted by atomic mass is 15.3. The van der Waals surface area contributed by atoms with Crippen molar-refractivity contribution in [1.82, 2.24) is 9.80 Å². The van der Waals surface area contributed by atoms with Gasteiger partial charge in [-0.05, 0) is 105 Å². The molecule has 6 rings (SSSR count). The molecule has 194 valence electrons. The maximum absolute atomic E-state index is 2.70. The molecule has 36 heavy (non-hydrogen) atoms. The van der Waals surface area contributed by atoms with Gasteiger partial charge in [-0.1, -0.05) is 45.0 Å². The second-order valence-corrected chi connectivity index (χ2v) is 12.6. The minimum atomic E-state index is 0.0805. The van der Waals surface area contributed by atoms with Crippen molar-refractivity contribution in [3.63, 3.8) is 0 Å². The molecule has 0 aliphatic carbocycles. The monoisotopic (exact) mass is 486 g/mol. The normalized spacial score (nSPS) is 23.2. The lowest BCUT2D eigenvalue weighted by Crippen LogP contribution is -2.59. The fraction of sp³-hybridized carbons (Fsp3) is 0.625. The van der Waals surface area contributed by atoms with Crippen LogP contribution in [0.3, 0.4) is 0 Å². The average Bonchev–Trinajstić information content (AvgIpc) is 3.53. The Morgan fingerprint density at radius 1 is 0.722 bits per heavy atom. The first-order chi connectivity index (χ1) is 17.4. The van der Waals surface area contributed by atoms with Gasteiger partial charge in [-0.15, -0.1) is 0 Å². The Hall–Kier alpha value is -2.04. The molecule has 0 saturated carbocycles. The van der Waals surface area contributed by atoms with Crippen LogP contribution >= 0.6 is 0 Å². The van der Waals surface area contributed by atoms with Gasteiger partial charge in [0, 0.05) is 49.6 Å². The van der Waals surface area contributed by atoms with Crippen molar-refractivity contribution in [2.75, 3.05) is 62.2 Å². The van der Waals surface area contributed by atoms with Gasteiger partial charge in [0.1, 0.15) is 0 Å². The predicted molar refractivity (Wildman–Crippen MR) is 153 cm³/mol. The highest BCUT2D eigenvalue weighted by molar-refractivity contribution is 5.58. The van der Waals surface area contributed by atoms with Crippen molar-refractivity contribution in [2.24, 2.45) is 0 Å². The first-order valence-corrected chi connectivity index (χ1v) is 14.6. The second-order valence-electron chi connectivity index (χ2n) is 12.6. The van der Waals surface area contributed by atoms with E-state index >= 15 is 0 Å². The van der Waals surface area contributed by atoms with Crippen molar-refractivity contribution < 1.29 is 0 Å². The van der Waals surface area contributed by atoms with Crippen LogP contribution in [0, 0.1) is 6.92 Å².